The van der Waals surface area contributed by atoms with Gasteiger partial charge >= 0.3 is 0 Å². The van der Waals surface area contributed by atoms with Crippen molar-refractivity contribution >= 4 is 11.6 Å². The zero-order chi connectivity index (χ0) is 14.5. The minimum atomic E-state index is 0.270. The lowest BCUT2D eigenvalue weighted by molar-refractivity contribution is 0.571. The third kappa shape index (κ3) is 3.59. The molecule has 106 valence electrons. The van der Waals surface area contributed by atoms with E-state index in [2.05, 4.69) is 42.3 Å². The molecule has 0 aliphatic rings. The zero-order valence-electron chi connectivity index (χ0n) is 12.3. The summed E-state index contributed by atoms with van der Waals surface area (Å²) >= 11 is 6.43. The van der Waals surface area contributed by atoms with Gasteiger partial charge in [0.05, 0.1) is 0 Å². The fraction of sp³-hybridized carbons (Fsp3) is 0.353. The van der Waals surface area contributed by atoms with Crippen LogP contribution in [-0.2, 0) is 0 Å². The molecule has 1 heterocycles. The molecule has 1 N–H and O–H groups in total. The molecule has 2 rings (SSSR count). The van der Waals surface area contributed by atoms with Crippen molar-refractivity contribution in [2.75, 3.05) is 6.54 Å². The Morgan fingerprint density at radius 3 is 2.65 bits per heavy atom. The number of hydrogen-bond donors (Lipinski definition) is 1. The largest absolute Gasteiger partial charge is 0.310 e. The topological polar surface area (TPSA) is 24.9 Å². The van der Waals surface area contributed by atoms with Gasteiger partial charge in [0.25, 0.3) is 0 Å². The van der Waals surface area contributed by atoms with E-state index in [1.807, 2.05) is 25.4 Å². The predicted molar refractivity (Wildman–Crippen MR) is 86.1 cm³/mol. The molecule has 0 radical (unpaired) electrons. The molecule has 0 spiro atoms. The molecule has 0 saturated heterocycles. The lowest BCUT2D eigenvalue weighted by atomic mass is 10.0. The van der Waals surface area contributed by atoms with Crippen molar-refractivity contribution < 1.29 is 0 Å². The Balaban J connectivity index is 2.25. The van der Waals surface area contributed by atoms with Crippen molar-refractivity contribution in [2.24, 2.45) is 0 Å². The molecule has 0 amide bonds. The first-order valence-electron chi connectivity index (χ1n) is 7.06. The molecule has 2 nitrogen and oxygen atoms in total. The van der Waals surface area contributed by atoms with E-state index in [1.165, 1.54) is 0 Å². The van der Waals surface area contributed by atoms with E-state index in [0.717, 1.165) is 40.2 Å². The first kappa shape index (κ1) is 15.0. The minimum absolute atomic E-state index is 0.270. The standard InChI is InChI=1S/C17H21ClN2/c1-4-7-20-13(3)16-6-5-14(9-17(16)18)15-8-12(2)10-19-11-15/h5-6,8-11,13,20H,4,7H2,1-3H3. The molecular formula is C17H21ClN2. The van der Waals surface area contributed by atoms with Crippen LogP contribution < -0.4 is 5.32 Å². The summed E-state index contributed by atoms with van der Waals surface area (Å²) in [6, 6.07) is 8.64. The lowest BCUT2D eigenvalue weighted by Gasteiger charge is -2.16. The van der Waals surface area contributed by atoms with E-state index in [4.69, 9.17) is 11.6 Å². The van der Waals surface area contributed by atoms with E-state index in [1.54, 1.807) is 0 Å². The van der Waals surface area contributed by atoms with Crippen LogP contribution >= 0.6 is 11.6 Å². The monoisotopic (exact) mass is 288 g/mol. The van der Waals surface area contributed by atoms with Gasteiger partial charge in [-0.25, -0.2) is 0 Å². The maximum Gasteiger partial charge on any atom is 0.0459 e. The molecule has 1 aromatic heterocycles. The third-order valence-corrected chi connectivity index (χ3v) is 3.70. The maximum absolute atomic E-state index is 6.43. The van der Waals surface area contributed by atoms with E-state index in [0.29, 0.717) is 0 Å². The highest BCUT2D eigenvalue weighted by molar-refractivity contribution is 6.31. The summed E-state index contributed by atoms with van der Waals surface area (Å²) in [6.45, 7) is 7.35. The van der Waals surface area contributed by atoms with Crippen molar-refractivity contribution in [3.63, 3.8) is 0 Å². The molecule has 0 fully saturated rings. The summed E-state index contributed by atoms with van der Waals surface area (Å²) in [5, 5.41) is 4.27. The van der Waals surface area contributed by atoms with Crippen molar-refractivity contribution in [1.82, 2.24) is 10.3 Å². The van der Waals surface area contributed by atoms with Crippen LogP contribution in [-0.4, -0.2) is 11.5 Å². The molecular weight excluding hydrogens is 268 g/mol. The normalized spacial score (nSPS) is 12.4. The fourth-order valence-electron chi connectivity index (χ4n) is 2.24. The molecule has 0 aliphatic heterocycles. The first-order chi connectivity index (χ1) is 9.61. The molecule has 1 unspecified atom stereocenters. The van der Waals surface area contributed by atoms with Crippen LogP contribution in [0, 0.1) is 6.92 Å². The Kier molecular flexibility index (Phi) is 5.16. The van der Waals surface area contributed by atoms with Crippen molar-refractivity contribution in [3.05, 3.63) is 52.8 Å². The highest BCUT2D eigenvalue weighted by atomic mass is 35.5. The second-order valence-corrected chi connectivity index (χ2v) is 5.57. The number of aromatic nitrogens is 1. The number of aryl methyl sites for hydroxylation is 1. The zero-order valence-corrected chi connectivity index (χ0v) is 13.0. The number of benzene rings is 1. The molecule has 1 atom stereocenters. The maximum atomic E-state index is 6.43. The van der Waals surface area contributed by atoms with Gasteiger partial charge in [-0.3, -0.25) is 4.98 Å². The van der Waals surface area contributed by atoms with Crippen LogP contribution in [0.15, 0.2) is 36.7 Å². The SMILES string of the molecule is CCCNC(C)c1ccc(-c2cncc(C)c2)cc1Cl. The van der Waals surface area contributed by atoms with Gasteiger partial charge in [-0.2, -0.15) is 0 Å². The summed E-state index contributed by atoms with van der Waals surface area (Å²) in [6.07, 6.45) is 4.85. The average Bonchev–Trinajstić information content (AvgIpc) is 2.44. The predicted octanol–water partition coefficient (Wildman–Crippen LogP) is 4.77. The quantitative estimate of drug-likeness (QED) is 0.857. The minimum Gasteiger partial charge on any atom is -0.310 e. The van der Waals surface area contributed by atoms with E-state index in [9.17, 15) is 0 Å². The van der Waals surface area contributed by atoms with Crippen LogP contribution in [0.25, 0.3) is 11.1 Å². The molecule has 2 aromatic rings. The van der Waals surface area contributed by atoms with Gasteiger partial charge in [-0.15, -0.1) is 0 Å². The number of pyridine rings is 1. The molecule has 20 heavy (non-hydrogen) atoms. The van der Waals surface area contributed by atoms with Gasteiger partial charge in [-0.05, 0) is 55.6 Å². The van der Waals surface area contributed by atoms with Gasteiger partial charge in [-0.1, -0.05) is 30.7 Å². The van der Waals surface area contributed by atoms with Crippen molar-refractivity contribution in [3.8, 4) is 11.1 Å². The molecule has 1 aromatic carbocycles. The summed E-state index contributed by atoms with van der Waals surface area (Å²) < 4.78 is 0. The fourth-order valence-corrected chi connectivity index (χ4v) is 2.59. The smallest absolute Gasteiger partial charge is 0.0459 e. The van der Waals surface area contributed by atoms with Gasteiger partial charge in [0.2, 0.25) is 0 Å². The molecule has 0 aliphatic carbocycles. The highest BCUT2D eigenvalue weighted by Crippen LogP contribution is 2.29. The van der Waals surface area contributed by atoms with Crippen LogP contribution in [0.5, 0.6) is 0 Å². The molecule has 3 heteroatoms. The van der Waals surface area contributed by atoms with Crippen LogP contribution in [0.3, 0.4) is 0 Å². The number of nitrogens with zero attached hydrogens (tertiary/aromatic N) is 1. The van der Waals surface area contributed by atoms with Crippen LogP contribution in [0.4, 0.5) is 0 Å². The number of halogens is 1. The Hall–Kier alpha value is -1.38. The van der Waals surface area contributed by atoms with Gasteiger partial charge < -0.3 is 5.32 Å². The summed E-state index contributed by atoms with van der Waals surface area (Å²) in [4.78, 5) is 4.23. The van der Waals surface area contributed by atoms with Crippen molar-refractivity contribution in [1.29, 1.82) is 0 Å². The highest BCUT2D eigenvalue weighted by Gasteiger charge is 2.10. The van der Waals surface area contributed by atoms with Crippen molar-refractivity contribution in [2.45, 2.75) is 33.2 Å². The average molecular weight is 289 g/mol. The Bertz CT molecular complexity index is 581. The van der Waals surface area contributed by atoms with E-state index < -0.39 is 0 Å². The van der Waals surface area contributed by atoms with Crippen LogP contribution in [0.2, 0.25) is 5.02 Å². The Morgan fingerprint density at radius 1 is 1.20 bits per heavy atom. The van der Waals surface area contributed by atoms with E-state index in [-0.39, 0.29) is 6.04 Å². The third-order valence-electron chi connectivity index (χ3n) is 3.38. The van der Waals surface area contributed by atoms with E-state index >= 15 is 0 Å². The summed E-state index contributed by atoms with van der Waals surface area (Å²) in [5.74, 6) is 0. The summed E-state index contributed by atoms with van der Waals surface area (Å²) in [5.41, 5.74) is 4.51. The van der Waals surface area contributed by atoms with Gasteiger partial charge in [0.15, 0.2) is 0 Å². The van der Waals surface area contributed by atoms with Gasteiger partial charge in [0.1, 0.15) is 0 Å². The number of nitrogens with one attached hydrogen (secondary N) is 1. The molecule has 0 bridgehead atoms. The Labute approximate surface area is 126 Å². The first-order valence-corrected chi connectivity index (χ1v) is 7.44. The lowest BCUT2D eigenvalue weighted by Crippen LogP contribution is -2.19. The number of rotatable bonds is 5. The second-order valence-electron chi connectivity index (χ2n) is 5.16. The molecule has 0 saturated carbocycles. The summed E-state index contributed by atoms with van der Waals surface area (Å²) in [7, 11) is 0. The second kappa shape index (κ2) is 6.87. The van der Waals surface area contributed by atoms with Gasteiger partial charge in [0, 0.05) is 29.0 Å². The Morgan fingerprint density at radius 2 is 2.00 bits per heavy atom. The number of hydrogen-bond acceptors (Lipinski definition) is 2. The van der Waals surface area contributed by atoms with Crippen LogP contribution in [0.1, 0.15) is 37.4 Å².